The van der Waals surface area contributed by atoms with Gasteiger partial charge in [-0.05, 0) is 18.2 Å². The van der Waals surface area contributed by atoms with Crippen LogP contribution in [-0.2, 0) is 4.79 Å². The van der Waals surface area contributed by atoms with Crippen molar-refractivity contribution in [3.8, 4) is 0 Å². The number of hydrogen-bond donors (Lipinski definition) is 4. The van der Waals surface area contributed by atoms with Crippen molar-refractivity contribution in [1.29, 1.82) is 0 Å². The predicted octanol–water partition coefficient (Wildman–Crippen LogP) is 1.23. The molecule has 1 atom stereocenters. The average molecular weight is 305 g/mol. The van der Waals surface area contributed by atoms with Crippen molar-refractivity contribution in [1.82, 2.24) is 5.32 Å². The number of carbonyl (C=O) groups is 1. The molecule has 1 amide bonds. The van der Waals surface area contributed by atoms with Crippen molar-refractivity contribution in [3.05, 3.63) is 39.8 Å². The van der Waals surface area contributed by atoms with Gasteiger partial charge in [0, 0.05) is 15.7 Å². The molecule has 1 aromatic rings. The molecule has 2 rings (SSSR count). The van der Waals surface area contributed by atoms with Crippen LogP contribution < -0.4 is 21.7 Å². The molecular formula is C10H10Cl2N4OS. The van der Waals surface area contributed by atoms with E-state index >= 15 is 0 Å². The van der Waals surface area contributed by atoms with Crippen LogP contribution in [-0.4, -0.2) is 11.4 Å². The fourth-order valence-corrected chi connectivity index (χ4v) is 2.49. The number of benzene rings is 1. The summed E-state index contributed by atoms with van der Waals surface area (Å²) < 4.78 is 0. The molecule has 0 fully saturated rings. The number of nitrogens with zero attached hydrogens (tertiary/aromatic N) is 1. The summed E-state index contributed by atoms with van der Waals surface area (Å²) in [6.07, 6.45) is 0. The number of amides is 1. The highest BCUT2D eigenvalue weighted by atomic mass is 35.5. The molecule has 1 heterocycles. The fraction of sp³-hybridized carbons (Fsp3) is 0.100. The van der Waals surface area contributed by atoms with Gasteiger partial charge in [-0.15, -0.1) is 12.6 Å². The number of nitrogens with two attached hydrogens (primary N) is 2. The summed E-state index contributed by atoms with van der Waals surface area (Å²) >= 11 is 16.1. The van der Waals surface area contributed by atoms with Crippen molar-refractivity contribution in [2.24, 2.45) is 11.5 Å². The first-order chi connectivity index (χ1) is 8.40. The van der Waals surface area contributed by atoms with Crippen LogP contribution >= 0.6 is 35.8 Å². The highest BCUT2D eigenvalue weighted by Gasteiger charge is 2.29. The molecule has 8 heteroatoms. The molecule has 1 aliphatic rings. The van der Waals surface area contributed by atoms with Gasteiger partial charge in [0.15, 0.2) is 5.50 Å². The quantitative estimate of drug-likeness (QED) is 0.588. The predicted molar refractivity (Wildman–Crippen MR) is 75.3 cm³/mol. The first-order valence-electron chi connectivity index (χ1n) is 4.89. The summed E-state index contributed by atoms with van der Waals surface area (Å²) in [7, 11) is 0. The molecule has 0 aliphatic carbocycles. The molecule has 0 saturated carbocycles. The van der Waals surface area contributed by atoms with E-state index in [0.29, 0.717) is 15.7 Å². The maximum Gasteiger partial charge on any atom is 0.273 e. The summed E-state index contributed by atoms with van der Waals surface area (Å²) in [5.41, 5.74) is 11.3. The minimum Gasteiger partial charge on any atom is -0.391 e. The Bertz CT molecular complexity index is 528. The molecule has 0 aromatic heterocycles. The molecule has 96 valence electrons. The van der Waals surface area contributed by atoms with Crippen LogP contribution in [0.25, 0.3) is 0 Å². The molecule has 18 heavy (non-hydrogen) atoms. The van der Waals surface area contributed by atoms with E-state index in [1.807, 2.05) is 0 Å². The van der Waals surface area contributed by atoms with E-state index in [1.54, 1.807) is 18.2 Å². The Morgan fingerprint density at radius 3 is 2.33 bits per heavy atom. The zero-order valence-corrected chi connectivity index (χ0v) is 11.4. The SMILES string of the molecule is NC1=C(N)N(c2cc(Cl)cc(Cl)c2)C(S)NC1=O. The van der Waals surface area contributed by atoms with Crippen molar-refractivity contribution < 1.29 is 4.79 Å². The minimum atomic E-state index is -0.640. The first kappa shape index (κ1) is 13.2. The summed E-state index contributed by atoms with van der Waals surface area (Å²) in [5, 5.41) is 3.44. The first-order valence-corrected chi connectivity index (χ1v) is 6.17. The second kappa shape index (κ2) is 4.79. The number of halogens is 2. The summed E-state index contributed by atoms with van der Waals surface area (Å²) in [5.74, 6) is -0.353. The van der Waals surface area contributed by atoms with Gasteiger partial charge in [0.05, 0.1) is 0 Å². The standard InChI is InChI=1S/C10H10Cl2N4OS/c11-4-1-5(12)3-6(2-4)16-8(14)7(13)9(17)15-10(16)18/h1-3,10,18H,13-14H2,(H,15,17). The van der Waals surface area contributed by atoms with Crippen molar-refractivity contribution in [3.63, 3.8) is 0 Å². The average Bonchev–Trinajstić information content (AvgIpc) is 2.24. The van der Waals surface area contributed by atoms with E-state index in [-0.39, 0.29) is 11.5 Å². The molecule has 0 spiro atoms. The Morgan fingerprint density at radius 1 is 1.22 bits per heavy atom. The van der Waals surface area contributed by atoms with Crippen LogP contribution in [0, 0.1) is 0 Å². The van der Waals surface area contributed by atoms with E-state index in [0.717, 1.165) is 0 Å². The summed E-state index contributed by atoms with van der Waals surface area (Å²) in [6.45, 7) is 0. The third kappa shape index (κ3) is 2.31. The second-order valence-electron chi connectivity index (χ2n) is 3.64. The lowest BCUT2D eigenvalue weighted by Crippen LogP contribution is -2.53. The summed E-state index contributed by atoms with van der Waals surface area (Å²) in [6, 6.07) is 4.88. The zero-order chi connectivity index (χ0) is 13.4. The van der Waals surface area contributed by atoms with Crippen molar-refractivity contribution >= 4 is 47.4 Å². The maximum absolute atomic E-state index is 11.4. The number of hydrogen-bond acceptors (Lipinski definition) is 5. The minimum absolute atomic E-state index is 0.0728. The van der Waals surface area contributed by atoms with E-state index in [1.165, 1.54) is 4.90 Å². The topological polar surface area (TPSA) is 84.4 Å². The van der Waals surface area contributed by atoms with E-state index < -0.39 is 11.4 Å². The van der Waals surface area contributed by atoms with Gasteiger partial charge in [0.2, 0.25) is 0 Å². The van der Waals surface area contributed by atoms with Crippen LogP contribution in [0.2, 0.25) is 10.0 Å². The van der Waals surface area contributed by atoms with Gasteiger partial charge >= 0.3 is 0 Å². The normalized spacial score (nSPS) is 20.1. The third-order valence-corrected chi connectivity index (χ3v) is 3.21. The molecule has 0 radical (unpaired) electrons. The van der Waals surface area contributed by atoms with E-state index in [9.17, 15) is 4.79 Å². The molecule has 5 N–H and O–H groups in total. The second-order valence-corrected chi connectivity index (χ2v) is 5.01. The Morgan fingerprint density at radius 2 is 1.78 bits per heavy atom. The smallest absolute Gasteiger partial charge is 0.273 e. The van der Waals surface area contributed by atoms with Gasteiger partial charge in [-0.25, -0.2) is 0 Å². The Hall–Kier alpha value is -1.24. The largest absolute Gasteiger partial charge is 0.391 e. The molecule has 0 bridgehead atoms. The summed E-state index contributed by atoms with van der Waals surface area (Å²) in [4.78, 5) is 12.9. The van der Waals surface area contributed by atoms with Gasteiger partial charge in [0.25, 0.3) is 5.91 Å². The van der Waals surface area contributed by atoms with Crippen LogP contribution in [0.15, 0.2) is 29.7 Å². The van der Waals surface area contributed by atoms with Gasteiger partial charge in [-0.2, -0.15) is 0 Å². The lowest BCUT2D eigenvalue weighted by molar-refractivity contribution is -0.118. The zero-order valence-electron chi connectivity index (χ0n) is 9.02. The van der Waals surface area contributed by atoms with Crippen LogP contribution in [0.4, 0.5) is 5.69 Å². The van der Waals surface area contributed by atoms with Crippen LogP contribution in [0.1, 0.15) is 0 Å². The lowest BCUT2D eigenvalue weighted by atomic mass is 10.2. The highest BCUT2D eigenvalue weighted by Crippen LogP contribution is 2.30. The van der Waals surface area contributed by atoms with Crippen molar-refractivity contribution in [2.45, 2.75) is 5.50 Å². The van der Waals surface area contributed by atoms with E-state index in [4.69, 9.17) is 34.7 Å². The highest BCUT2D eigenvalue weighted by molar-refractivity contribution is 7.81. The lowest BCUT2D eigenvalue weighted by Gasteiger charge is -2.35. The van der Waals surface area contributed by atoms with Crippen LogP contribution in [0.5, 0.6) is 0 Å². The third-order valence-electron chi connectivity index (χ3n) is 2.41. The van der Waals surface area contributed by atoms with Gasteiger partial charge in [-0.3, -0.25) is 9.69 Å². The Balaban J connectivity index is 2.52. The maximum atomic E-state index is 11.4. The molecule has 1 unspecified atom stereocenters. The number of nitrogens with one attached hydrogen (secondary N) is 1. The monoisotopic (exact) mass is 304 g/mol. The Labute approximate surface area is 119 Å². The van der Waals surface area contributed by atoms with Gasteiger partial charge in [-0.1, -0.05) is 23.2 Å². The molecule has 1 aliphatic heterocycles. The Kier molecular flexibility index (Phi) is 3.52. The van der Waals surface area contributed by atoms with Crippen LogP contribution in [0.3, 0.4) is 0 Å². The van der Waals surface area contributed by atoms with Crippen molar-refractivity contribution in [2.75, 3.05) is 4.90 Å². The molecule has 5 nitrogen and oxygen atoms in total. The van der Waals surface area contributed by atoms with Gasteiger partial charge in [0.1, 0.15) is 11.5 Å². The fourth-order valence-electron chi connectivity index (χ4n) is 1.60. The van der Waals surface area contributed by atoms with E-state index in [2.05, 4.69) is 17.9 Å². The number of rotatable bonds is 1. The number of carbonyl (C=O) groups excluding carboxylic acids is 1. The molecule has 1 aromatic carbocycles. The van der Waals surface area contributed by atoms with Gasteiger partial charge < -0.3 is 16.8 Å². The number of thiol groups is 1. The molecular weight excluding hydrogens is 295 g/mol. The number of anilines is 1. The molecule has 0 saturated heterocycles.